The number of aromatic nitrogens is 1. The molecule has 0 atom stereocenters. The summed E-state index contributed by atoms with van der Waals surface area (Å²) in [5.74, 6) is 2.01. The number of hydrogen-bond acceptors (Lipinski definition) is 3. The Balaban J connectivity index is 2.49. The minimum absolute atomic E-state index is 0.248. The van der Waals surface area contributed by atoms with Crippen LogP contribution in [0.2, 0.25) is 0 Å². The molecule has 76 valence electrons. The second-order valence-corrected chi connectivity index (χ2v) is 2.54. The molecule has 3 nitrogen and oxygen atoms in total. The average Bonchev–Trinajstić information content (AvgIpc) is 2.30. The lowest BCUT2D eigenvalue weighted by molar-refractivity contribution is 0.0684. The molecule has 0 aliphatic rings. The number of carbonyl (C=O) groups is 1. The van der Waals surface area contributed by atoms with Gasteiger partial charge in [-0.1, -0.05) is 6.07 Å². The average molecular weight is 200 g/mol. The third-order valence-corrected chi connectivity index (χ3v) is 1.45. The minimum Gasteiger partial charge on any atom is -0.369 e. The van der Waals surface area contributed by atoms with Crippen molar-refractivity contribution in [3.05, 3.63) is 48.7 Å². The summed E-state index contributed by atoms with van der Waals surface area (Å²) in [6, 6.07) is 5.00. The Morgan fingerprint density at radius 2 is 2.47 bits per heavy atom. The number of ether oxygens (including phenoxy) is 1. The molecule has 0 aromatic carbocycles. The topological polar surface area (TPSA) is 39.2 Å². The SMILES string of the molecule is C[CH-]/C=C/C#COC(=O)c1ccccn1. The molecule has 0 saturated carbocycles. The van der Waals surface area contributed by atoms with Crippen LogP contribution in [0.3, 0.4) is 0 Å². The first kappa shape index (κ1) is 10.9. The van der Waals surface area contributed by atoms with E-state index < -0.39 is 5.97 Å². The molecule has 0 fully saturated rings. The van der Waals surface area contributed by atoms with Gasteiger partial charge in [0.15, 0.2) is 0 Å². The molecule has 1 aromatic heterocycles. The molecular weight excluding hydrogens is 190 g/mol. The van der Waals surface area contributed by atoms with Crippen molar-refractivity contribution in [1.29, 1.82) is 0 Å². The minimum atomic E-state index is -0.544. The normalized spacial score (nSPS) is 9.13. The van der Waals surface area contributed by atoms with Crippen molar-refractivity contribution >= 4 is 5.97 Å². The molecule has 0 aliphatic heterocycles. The van der Waals surface area contributed by atoms with E-state index in [1.807, 2.05) is 13.3 Å². The van der Waals surface area contributed by atoms with Crippen LogP contribution in [0.25, 0.3) is 0 Å². The van der Waals surface area contributed by atoms with Gasteiger partial charge in [0, 0.05) is 6.20 Å². The number of pyridine rings is 1. The molecule has 15 heavy (non-hydrogen) atoms. The maximum atomic E-state index is 11.3. The van der Waals surface area contributed by atoms with E-state index in [-0.39, 0.29) is 5.69 Å². The van der Waals surface area contributed by atoms with Crippen LogP contribution >= 0.6 is 0 Å². The third kappa shape index (κ3) is 4.01. The van der Waals surface area contributed by atoms with E-state index in [2.05, 4.69) is 21.7 Å². The second kappa shape index (κ2) is 6.28. The molecule has 1 aromatic rings. The molecule has 0 amide bonds. The van der Waals surface area contributed by atoms with E-state index in [9.17, 15) is 4.79 Å². The molecule has 0 unspecified atom stereocenters. The van der Waals surface area contributed by atoms with Crippen molar-refractivity contribution in [1.82, 2.24) is 4.98 Å². The number of hydrogen-bond donors (Lipinski definition) is 0. The highest BCUT2D eigenvalue weighted by Gasteiger charge is 2.04. The van der Waals surface area contributed by atoms with Crippen LogP contribution in [0.15, 0.2) is 36.5 Å². The van der Waals surface area contributed by atoms with E-state index in [4.69, 9.17) is 0 Å². The molecule has 0 saturated heterocycles. The Hall–Kier alpha value is -2.21. The number of allylic oxidation sites excluding steroid dienone is 2. The van der Waals surface area contributed by atoms with Gasteiger partial charge >= 0.3 is 5.97 Å². The molecule has 0 N–H and O–H groups in total. The van der Waals surface area contributed by atoms with Gasteiger partial charge in [-0.3, -0.25) is 0 Å². The van der Waals surface area contributed by atoms with Gasteiger partial charge in [-0.2, -0.15) is 6.08 Å². The van der Waals surface area contributed by atoms with E-state index in [1.165, 1.54) is 6.20 Å². The summed E-state index contributed by atoms with van der Waals surface area (Å²) in [6.07, 6.45) is 8.97. The summed E-state index contributed by atoms with van der Waals surface area (Å²) >= 11 is 0. The lowest BCUT2D eigenvalue weighted by Crippen LogP contribution is -2.02. The smallest absolute Gasteiger partial charge is 0.369 e. The molecule has 1 rings (SSSR count). The summed E-state index contributed by atoms with van der Waals surface area (Å²) in [5, 5.41) is 0. The van der Waals surface area contributed by atoms with Crippen LogP contribution in [0.1, 0.15) is 17.4 Å². The third-order valence-electron chi connectivity index (χ3n) is 1.45. The lowest BCUT2D eigenvalue weighted by Gasteiger charge is -1.93. The van der Waals surface area contributed by atoms with Crippen molar-refractivity contribution in [2.75, 3.05) is 0 Å². The van der Waals surface area contributed by atoms with Crippen LogP contribution in [-0.4, -0.2) is 11.0 Å². The van der Waals surface area contributed by atoms with E-state index >= 15 is 0 Å². The molecule has 1 heterocycles. The maximum Gasteiger partial charge on any atom is 0.370 e. The number of esters is 1. The van der Waals surface area contributed by atoms with Crippen molar-refractivity contribution in [2.45, 2.75) is 6.92 Å². The fourth-order valence-corrected chi connectivity index (χ4v) is 0.790. The first-order valence-electron chi connectivity index (χ1n) is 4.42. The monoisotopic (exact) mass is 200 g/mol. The lowest BCUT2D eigenvalue weighted by atomic mass is 10.4. The van der Waals surface area contributed by atoms with Gasteiger partial charge in [0.2, 0.25) is 0 Å². The Labute approximate surface area is 88.8 Å². The van der Waals surface area contributed by atoms with E-state index in [0.29, 0.717) is 0 Å². The van der Waals surface area contributed by atoms with E-state index in [0.717, 1.165) is 0 Å². The zero-order valence-corrected chi connectivity index (χ0v) is 8.31. The van der Waals surface area contributed by atoms with Crippen LogP contribution in [0.4, 0.5) is 0 Å². The zero-order chi connectivity index (χ0) is 10.9. The number of nitrogens with zero attached hydrogens (tertiary/aromatic N) is 1. The largest absolute Gasteiger partial charge is 0.370 e. The van der Waals surface area contributed by atoms with E-state index in [1.54, 1.807) is 30.4 Å². The van der Waals surface area contributed by atoms with Gasteiger partial charge in [0.25, 0.3) is 0 Å². The van der Waals surface area contributed by atoms with Crippen LogP contribution < -0.4 is 0 Å². The van der Waals surface area contributed by atoms with Gasteiger partial charge in [0.05, 0.1) is 0 Å². The van der Waals surface area contributed by atoms with Crippen LogP contribution in [0.5, 0.6) is 0 Å². The standard InChI is InChI=1S/C12H10NO2/c1-2-3-4-7-10-15-12(14)11-8-5-6-9-13-11/h2-6,8-9H,1H3/q-1/b4-3+. The highest BCUT2D eigenvalue weighted by molar-refractivity contribution is 5.87. The summed E-state index contributed by atoms with van der Waals surface area (Å²) in [6.45, 7) is 1.87. The van der Waals surface area contributed by atoms with Crippen molar-refractivity contribution < 1.29 is 9.53 Å². The van der Waals surface area contributed by atoms with Gasteiger partial charge in [-0.15, -0.1) is 12.8 Å². The Bertz CT molecular complexity index is 399. The quantitative estimate of drug-likeness (QED) is 0.416. The second-order valence-electron chi connectivity index (χ2n) is 2.54. The van der Waals surface area contributed by atoms with Gasteiger partial charge in [-0.25, -0.2) is 22.3 Å². The summed E-state index contributed by atoms with van der Waals surface area (Å²) < 4.78 is 4.65. The maximum absolute atomic E-state index is 11.3. The van der Waals surface area contributed by atoms with Crippen LogP contribution in [0, 0.1) is 18.4 Å². The van der Waals surface area contributed by atoms with Gasteiger partial charge in [0.1, 0.15) is 11.8 Å². The number of rotatable bonds is 2. The summed E-state index contributed by atoms with van der Waals surface area (Å²) in [7, 11) is 0. The molecule has 0 radical (unpaired) electrons. The fraction of sp³-hybridized carbons (Fsp3) is 0.0833. The first-order valence-corrected chi connectivity index (χ1v) is 4.42. The highest BCUT2D eigenvalue weighted by atomic mass is 16.5. The Morgan fingerprint density at radius 1 is 1.60 bits per heavy atom. The fourth-order valence-electron chi connectivity index (χ4n) is 0.790. The van der Waals surface area contributed by atoms with Crippen LogP contribution in [-0.2, 0) is 4.74 Å². The molecule has 0 bridgehead atoms. The predicted molar refractivity (Wildman–Crippen MR) is 56.5 cm³/mol. The highest BCUT2D eigenvalue weighted by Crippen LogP contribution is 1.95. The van der Waals surface area contributed by atoms with Gasteiger partial charge < -0.3 is 4.74 Å². The molecule has 3 heteroatoms. The first-order chi connectivity index (χ1) is 7.34. The molecular formula is C12H10NO2-. The Morgan fingerprint density at radius 3 is 3.13 bits per heavy atom. The molecule has 0 spiro atoms. The van der Waals surface area contributed by atoms with Crippen molar-refractivity contribution in [2.24, 2.45) is 0 Å². The van der Waals surface area contributed by atoms with Crippen molar-refractivity contribution in [3.63, 3.8) is 0 Å². The summed E-state index contributed by atoms with van der Waals surface area (Å²) in [5.41, 5.74) is 0.248. The molecule has 0 aliphatic carbocycles. The predicted octanol–water partition coefficient (Wildman–Crippen LogP) is 1.98. The summed E-state index contributed by atoms with van der Waals surface area (Å²) in [4.78, 5) is 15.1. The van der Waals surface area contributed by atoms with Gasteiger partial charge in [-0.05, 0) is 12.1 Å². The zero-order valence-electron chi connectivity index (χ0n) is 8.31. The van der Waals surface area contributed by atoms with Crippen molar-refractivity contribution in [3.8, 4) is 12.0 Å². The number of carbonyl (C=O) groups excluding carboxylic acids is 1. The Kier molecular flexibility index (Phi) is 4.55.